The van der Waals surface area contributed by atoms with Crippen LogP contribution in [-0.2, 0) is 11.3 Å². The van der Waals surface area contributed by atoms with Crippen molar-refractivity contribution < 1.29 is 9.66 Å². The summed E-state index contributed by atoms with van der Waals surface area (Å²) in [4.78, 5) is 10.2. The van der Waals surface area contributed by atoms with E-state index >= 15 is 0 Å². The summed E-state index contributed by atoms with van der Waals surface area (Å²) < 4.78 is 7.46. The molecule has 1 fully saturated rings. The molecule has 2 aromatic rings. The van der Waals surface area contributed by atoms with Crippen molar-refractivity contribution in [3.8, 4) is 0 Å². The monoisotopic (exact) mass is 273 g/mol. The van der Waals surface area contributed by atoms with Gasteiger partial charge in [0.1, 0.15) is 12.4 Å². The maximum Gasteiger partial charge on any atom is 0.307 e. The van der Waals surface area contributed by atoms with Crippen molar-refractivity contribution in [1.29, 1.82) is 0 Å². The summed E-state index contributed by atoms with van der Waals surface area (Å²) in [7, 11) is 0. The fourth-order valence-corrected chi connectivity index (χ4v) is 2.30. The van der Waals surface area contributed by atoms with Crippen LogP contribution >= 0.6 is 0 Å². The number of hydrogen-bond acceptors (Lipinski definition) is 4. The largest absolute Gasteiger partial charge is 0.373 e. The average Bonchev–Trinajstić information content (AvgIpc) is 2.88. The first-order valence-corrected chi connectivity index (χ1v) is 6.56. The Morgan fingerprint density at radius 1 is 1.35 bits per heavy atom. The SMILES string of the molecule is O=[N+]([O-])c1cnn([C@H]2C[C@H](OCc3ccccc3)C2)c1. The van der Waals surface area contributed by atoms with Crippen LogP contribution in [0.3, 0.4) is 0 Å². The smallest absolute Gasteiger partial charge is 0.307 e. The molecular weight excluding hydrogens is 258 g/mol. The van der Waals surface area contributed by atoms with Gasteiger partial charge in [-0.15, -0.1) is 0 Å². The maximum atomic E-state index is 10.6. The molecule has 0 amide bonds. The average molecular weight is 273 g/mol. The number of hydrogen-bond donors (Lipinski definition) is 0. The second-order valence-electron chi connectivity index (χ2n) is 4.98. The van der Waals surface area contributed by atoms with Crippen LogP contribution in [0.4, 0.5) is 5.69 Å². The zero-order chi connectivity index (χ0) is 13.9. The second-order valence-corrected chi connectivity index (χ2v) is 4.98. The van der Waals surface area contributed by atoms with Crippen LogP contribution < -0.4 is 0 Å². The number of nitrogens with zero attached hydrogens (tertiary/aromatic N) is 3. The van der Waals surface area contributed by atoms with E-state index in [4.69, 9.17) is 4.74 Å². The Hall–Kier alpha value is -2.21. The summed E-state index contributed by atoms with van der Waals surface area (Å²) in [5, 5.41) is 14.6. The van der Waals surface area contributed by atoms with E-state index in [2.05, 4.69) is 5.10 Å². The minimum absolute atomic E-state index is 0.0404. The van der Waals surface area contributed by atoms with Gasteiger partial charge in [0.05, 0.1) is 23.7 Å². The van der Waals surface area contributed by atoms with Crippen molar-refractivity contribution in [2.45, 2.75) is 31.6 Å². The lowest BCUT2D eigenvalue weighted by Crippen LogP contribution is -2.33. The zero-order valence-electron chi connectivity index (χ0n) is 10.9. The standard InChI is InChI=1S/C14H15N3O3/c18-17(19)13-8-15-16(9-13)12-6-14(7-12)20-10-11-4-2-1-3-5-11/h1-5,8-9,12,14H,6-7,10H2/t12-,14-. The lowest BCUT2D eigenvalue weighted by molar-refractivity contribution is -0.385. The van der Waals surface area contributed by atoms with Crippen LogP contribution in [0.5, 0.6) is 0 Å². The van der Waals surface area contributed by atoms with Crippen LogP contribution in [0, 0.1) is 10.1 Å². The van der Waals surface area contributed by atoms with Gasteiger partial charge in [-0.3, -0.25) is 14.8 Å². The highest BCUT2D eigenvalue weighted by Gasteiger charge is 2.32. The first-order valence-electron chi connectivity index (χ1n) is 6.56. The van der Waals surface area contributed by atoms with E-state index < -0.39 is 4.92 Å². The predicted octanol–water partition coefficient (Wildman–Crippen LogP) is 2.71. The number of rotatable bonds is 5. The highest BCUT2D eigenvalue weighted by molar-refractivity contribution is 5.21. The molecule has 0 N–H and O–H groups in total. The first-order chi connectivity index (χ1) is 9.72. The molecule has 0 radical (unpaired) electrons. The Morgan fingerprint density at radius 2 is 2.10 bits per heavy atom. The molecule has 1 heterocycles. The van der Waals surface area contributed by atoms with Crippen LogP contribution in [-0.4, -0.2) is 20.8 Å². The fraction of sp³-hybridized carbons (Fsp3) is 0.357. The molecule has 104 valence electrons. The summed E-state index contributed by atoms with van der Waals surface area (Å²) in [6.45, 7) is 0.609. The summed E-state index contributed by atoms with van der Waals surface area (Å²) >= 11 is 0. The normalized spacial score (nSPS) is 21.4. The molecule has 1 aliphatic carbocycles. The topological polar surface area (TPSA) is 70.2 Å². The molecular formula is C14H15N3O3. The van der Waals surface area contributed by atoms with Gasteiger partial charge in [-0.25, -0.2) is 0 Å². The van der Waals surface area contributed by atoms with Gasteiger partial charge in [-0.2, -0.15) is 5.10 Å². The number of benzene rings is 1. The minimum atomic E-state index is -0.425. The van der Waals surface area contributed by atoms with Gasteiger partial charge < -0.3 is 4.74 Å². The molecule has 6 heteroatoms. The molecule has 0 atom stereocenters. The van der Waals surface area contributed by atoms with E-state index in [-0.39, 0.29) is 17.8 Å². The van der Waals surface area contributed by atoms with E-state index in [0.717, 1.165) is 18.4 Å². The number of ether oxygens (including phenoxy) is 1. The molecule has 0 aliphatic heterocycles. The summed E-state index contributed by atoms with van der Waals surface area (Å²) in [5.41, 5.74) is 1.20. The van der Waals surface area contributed by atoms with E-state index in [0.29, 0.717) is 6.61 Å². The third-order valence-corrected chi connectivity index (χ3v) is 3.57. The van der Waals surface area contributed by atoms with Gasteiger partial charge in [-0.05, 0) is 18.4 Å². The van der Waals surface area contributed by atoms with Crippen molar-refractivity contribution in [3.63, 3.8) is 0 Å². The fourth-order valence-electron chi connectivity index (χ4n) is 2.30. The minimum Gasteiger partial charge on any atom is -0.373 e. The molecule has 0 unspecified atom stereocenters. The molecule has 0 saturated heterocycles. The third-order valence-electron chi connectivity index (χ3n) is 3.57. The van der Waals surface area contributed by atoms with Crippen molar-refractivity contribution in [3.05, 3.63) is 58.4 Å². The highest BCUT2D eigenvalue weighted by Crippen LogP contribution is 2.35. The van der Waals surface area contributed by atoms with Crippen molar-refractivity contribution in [1.82, 2.24) is 9.78 Å². The van der Waals surface area contributed by atoms with Gasteiger partial charge >= 0.3 is 5.69 Å². The second kappa shape index (κ2) is 5.42. The molecule has 1 aromatic carbocycles. The molecule has 20 heavy (non-hydrogen) atoms. The van der Waals surface area contributed by atoms with Crippen molar-refractivity contribution in [2.75, 3.05) is 0 Å². The third kappa shape index (κ3) is 2.70. The van der Waals surface area contributed by atoms with E-state index in [1.807, 2.05) is 30.3 Å². The Balaban J connectivity index is 1.47. The molecule has 1 aromatic heterocycles. The molecule has 0 bridgehead atoms. The Morgan fingerprint density at radius 3 is 2.75 bits per heavy atom. The van der Waals surface area contributed by atoms with E-state index in [1.165, 1.54) is 12.4 Å². The highest BCUT2D eigenvalue weighted by atomic mass is 16.6. The lowest BCUT2D eigenvalue weighted by atomic mass is 9.89. The van der Waals surface area contributed by atoms with Gasteiger partial charge in [0, 0.05) is 0 Å². The van der Waals surface area contributed by atoms with Crippen LogP contribution in [0.2, 0.25) is 0 Å². The molecule has 1 aliphatic rings. The molecule has 3 rings (SSSR count). The van der Waals surface area contributed by atoms with Gasteiger partial charge in [0.2, 0.25) is 0 Å². The van der Waals surface area contributed by atoms with E-state index in [9.17, 15) is 10.1 Å². The number of aromatic nitrogens is 2. The number of nitro groups is 1. The van der Waals surface area contributed by atoms with Crippen LogP contribution in [0.25, 0.3) is 0 Å². The van der Waals surface area contributed by atoms with Gasteiger partial charge in [-0.1, -0.05) is 30.3 Å². The Labute approximate surface area is 116 Å². The summed E-state index contributed by atoms with van der Waals surface area (Å²) in [6.07, 6.45) is 4.69. The Bertz CT molecular complexity index is 591. The maximum absolute atomic E-state index is 10.6. The molecule has 0 spiro atoms. The zero-order valence-corrected chi connectivity index (χ0v) is 10.9. The van der Waals surface area contributed by atoms with E-state index in [1.54, 1.807) is 4.68 Å². The summed E-state index contributed by atoms with van der Waals surface area (Å²) in [6, 6.07) is 10.2. The predicted molar refractivity (Wildman–Crippen MR) is 72.2 cm³/mol. The van der Waals surface area contributed by atoms with Crippen molar-refractivity contribution in [2.24, 2.45) is 0 Å². The van der Waals surface area contributed by atoms with Crippen LogP contribution in [0.1, 0.15) is 24.4 Å². The Kier molecular flexibility index (Phi) is 3.47. The lowest BCUT2D eigenvalue weighted by Gasteiger charge is -2.35. The molecule has 1 saturated carbocycles. The van der Waals surface area contributed by atoms with Gasteiger partial charge in [0.15, 0.2) is 0 Å². The molecule has 6 nitrogen and oxygen atoms in total. The first kappa shape index (κ1) is 12.8. The van der Waals surface area contributed by atoms with Crippen molar-refractivity contribution >= 4 is 5.69 Å². The summed E-state index contributed by atoms with van der Waals surface area (Å²) in [5.74, 6) is 0. The van der Waals surface area contributed by atoms with Crippen LogP contribution in [0.15, 0.2) is 42.7 Å². The quantitative estimate of drug-likeness (QED) is 0.620. The van der Waals surface area contributed by atoms with Gasteiger partial charge in [0.25, 0.3) is 0 Å².